The first kappa shape index (κ1) is 21.5. The van der Waals surface area contributed by atoms with E-state index in [-0.39, 0.29) is 36.0 Å². The predicted molar refractivity (Wildman–Crippen MR) is 119 cm³/mol. The van der Waals surface area contributed by atoms with Gasteiger partial charge in [0.25, 0.3) is 11.5 Å². The topological polar surface area (TPSA) is 87.5 Å². The van der Waals surface area contributed by atoms with E-state index >= 15 is 0 Å². The molecule has 166 valence electrons. The molecule has 8 heteroatoms. The summed E-state index contributed by atoms with van der Waals surface area (Å²) >= 11 is 0. The van der Waals surface area contributed by atoms with Gasteiger partial charge in [0.05, 0.1) is 17.2 Å². The zero-order chi connectivity index (χ0) is 22.1. The Kier molecular flexibility index (Phi) is 6.09. The minimum atomic E-state index is -0.257. The van der Waals surface area contributed by atoms with Gasteiger partial charge in [-0.25, -0.2) is 4.98 Å². The van der Waals surface area contributed by atoms with Gasteiger partial charge in [-0.3, -0.25) is 19.0 Å². The molecule has 4 rings (SSSR count). The number of carbonyl (C=O) groups is 2. The van der Waals surface area contributed by atoms with Crippen molar-refractivity contribution < 1.29 is 9.59 Å². The number of piperazine rings is 1. The van der Waals surface area contributed by atoms with E-state index in [1.807, 2.05) is 9.80 Å². The Bertz CT molecular complexity index is 1030. The van der Waals surface area contributed by atoms with Crippen molar-refractivity contribution in [2.75, 3.05) is 26.2 Å². The van der Waals surface area contributed by atoms with Crippen LogP contribution in [-0.4, -0.2) is 69.4 Å². The quantitative estimate of drug-likeness (QED) is 0.805. The van der Waals surface area contributed by atoms with Crippen LogP contribution in [0.25, 0.3) is 10.9 Å². The lowest BCUT2D eigenvalue weighted by molar-refractivity contribution is -0.133. The predicted octanol–water partition coefficient (Wildman–Crippen LogP) is 1.48. The Hall–Kier alpha value is -2.74. The molecule has 0 bridgehead atoms. The molecule has 3 heterocycles. The number of rotatable bonds is 3. The fourth-order valence-electron chi connectivity index (χ4n) is 4.58. The van der Waals surface area contributed by atoms with Crippen LogP contribution in [0.2, 0.25) is 0 Å². The molecule has 0 aliphatic carbocycles. The maximum absolute atomic E-state index is 13.0. The van der Waals surface area contributed by atoms with Crippen molar-refractivity contribution in [2.24, 2.45) is 5.92 Å². The summed E-state index contributed by atoms with van der Waals surface area (Å²) in [6, 6.07) is 5.48. The summed E-state index contributed by atoms with van der Waals surface area (Å²) in [5, 5.41) is 3.84. The highest BCUT2D eigenvalue weighted by Crippen LogP contribution is 2.17. The van der Waals surface area contributed by atoms with Crippen molar-refractivity contribution in [3.05, 3.63) is 40.4 Å². The van der Waals surface area contributed by atoms with Crippen molar-refractivity contribution in [3.8, 4) is 0 Å². The van der Waals surface area contributed by atoms with Crippen molar-refractivity contribution in [2.45, 2.75) is 52.2 Å². The van der Waals surface area contributed by atoms with Crippen molar-refractivity contribution in [1.82, 2.24) is 24.7 Å². The largest absolute Gasteiger partial charge is 0.341 e. The summed E-state index contributed by atoms with van der Waals surface area (Å²) < 4.78 is 1.36. The maximum atomic E-state index is 13.0. The molecular weight excluding hydrogens is 394 g/mol. The molecule has 1 aromatic carbocycles. The molecule has 0 saturated carbocycles. The lowest BCUT2D eigenvalue weighted by Gasteiger charge is -2.36. The molecule has 31 heavy (non-hydrogen) atoms. The second-order valence-electron chi connectivity index (χ2n) is 9.15. The van der Waals surface area contributed by atoms with E-state index in [0.717, 1.165) is 25.9 Å². The van der Waals surface area contributed by atoms with E-state index in [1.54, 1.807) is 18.2 Å². The highest BCUT2D eigenvalue weighted by molar-refractivity contribution is 5.97. The highest BCUT2D eigenvalue weighted by atomic mass is 16.2. The van der Waals surface area contributed by atoms with Crippen LogP contribution in [0.4, 0.5) is 0 Å². The first-order valence-electron chi connectivity index (χ1n) is 11.1. The van der Waals surface area contributed by atoms with Gasteiger partial charge in [-0.15, -0.1) is 0 Å². The monoisotopic (exact) mass is 425 g/mol. The number of piperidine rings is 1. The number of nitrogens with zero attached hydrogens (tertiary/aromatic N) is 4. The number of amides is 2. The molecule has 2 fully saturated rings. The molecule has 2 saturated heterocycles. The first-order chi connectivity index (χ1) is 14.8. The third-order valence-corrected chi connectivity index (χ3v) is 6.36. The molecular formula is C23H31N5O3. The number of nitrogens with one attached hydrogen (secondary N) is 1. The Morgan fingerprint density at radius 3 is 2.42 bits per heavy atom. The number of fused-ring (bicyclic) bond motifs is 1. The van der Waals surface area contributed by atoms with Crippen molar-refractivity contribution in [3.63, 3.8) is 0 Å². The molecule has 2 atom stereocenters. The molecule has 2 aliphatic heterocycles. The van der Waals surface area contributed by atoms with E-state index in [9.17, 15) is 14.4 Å². The lowest BCUT2D eigenvalue weighted by Crippen LogP contribution is -2.55. The second kappa shape index (κ2) is 8.78. The molecule has 8 nitrogen and oxygen atoms in total. The number of aromatic nitrogens is 2. The normalized spacial score (nSPS) is 22.7. The van der Waals surface area contributed by atoms with Crippen LogP contribution in [0.15, 0.2) is 29.3 Å². The number of benzene rings is 1. The van der Waals surface area contributed by atoms with Gasteiger partial charge in [0.15, 0.2) is 0 Å². The average molecular weight is 426 g/mol. The summed E-state index contributed by atoms with van der Waals surface area (Å²) in [7, 11) is 0. The first-order valence-corrected chi connectivity index (χ1v) is 11.1. The highest BCUT2D eigenvalue weighted by Gasteiger charge is 2.26. The molecule has 2 aliphatic rings. The van der Waals surface area contributed by atoms with Gasteiger partial charge in [-0.1, -0.05) is 6.92 Å². The summed E-state index contributed by atoms with van der Waals surface area (Å²) in [5.74, 6) is 0.533. The van der Waals surface area contributed by atoms with Gasteiger partial charge in [-0.2, -0.15) is 0 Å². The zero-order valence-corrected chi connectivity index (χ0v) is 18.5. The molecule has 1 N–H and O–H groups in total. The maximum Gasteiger partial charge on any atom is 0.261 e. The molecule has 0 radical (unpaired) electrons. The number of carbonyl (C=O) groups excluding carboxylic acids is 2. The van der Waals surface area contributed by atoms with Crippen LogP contribution in [-0.2, 0) is 11.3 Å². The minimum Gasteiger partial charge on any atom is -0.341 e. The van der Waals surface area contributed by atoms with Crippen LogP contribution in [0.5, 0.6) is 0 Å². The fourth-order valence-corrected chi connectivity index (χ4v) is 4.58. The number of likely N-dealkylation sites (tertiary alicyclic amines) is 1. The lowest BCUT2D eigenvalue weighted by atomic mass is 9.99. The number of hydrogen-bond donors (Lipinski definition) is 1. The Balaban J connectivity index is 1.52. The van der Waals surface area contributed by atoms with Gasteiger partial charge in [0.1, 0.15) is 6.54 Å². The van der Waals surface area contributed by atoms with Gasteiger partial charge in [0, 0.05) is 43.8 Å². The van der Waals surface area contributed by atoms with Crippen LogP contribution >= 0.6 is 0 Å². The standard InChI is InChI=1S/C23H31N5O3/c1-15-6-8-26(9-7-15)21(29)13-28-14-24-20-10-18(4-5-19(20)23(28)31)22(30)27-11-16(2)25-17(3)12-27/h4-5,10,14-17,25H,6-9,11-13H2,1-3H3. The van der Waals surface area contributed by atoms with Gasteiger partial charge >= 0.3 is 0 Å². The summed E-state index contributed by atoms with van der Waals surface area (Å²) in [6.45, 7) is 9.09. The third kappa shape index (κ3) is 4.63. The second-order valence-corrected chi connectivity index (χ2v) is 9.15. The summed E-state index contributed by atoms with van der Waals surface area (Å²) in [6.07, 6.45) is 3.41. The SMILES string of the molecule is CC1CCN(C(=O)Cn2cnc3cc(C(=O)N4CC(C)NC(C)C4)ccc3c2=O)CC1. The van der Waals surface area contributed by atoms with E-state index in [1.165, 1.54) is 10.9 Å². The fraction of sp³-hybridized carbons (Fsp3) is 0.565. The molecule has 1 aromatic heterocycles. The van der Waals surface area contributed by atoms with Crippen LogP contribution < -0.4 is 10.9 Å². The summed E-state index contributed by atoms with van der Waals surface area (Å²) in [5.41, 5.74) is 0.742. The van der Waals surface area contributed by atoms with Gasteiger partial charge < -0.3 is 15.1 Å². The smallest absolute Gasteiger partial charge is 0.261 e. The minimum absolute atomic E-state index is 0.00656. The summed E-state index contributed by atoms with van der Waals surface area (Å²) in [4.78, 5) is 46.5. The van der Waals surface area contributed by atoms with Crippen molar-refractivity contribution >= 4 is 22.7 Å². The Morgan fingerprint density at radius 1 is 1.06 bits per heavy atom. The van der Waals surface area contributed by atoms with E-state index in [4.69, 9.17) is 0 Å². The third-order valence-electron chi connectivity index (χ3n) is 6.36. The van der Waals surface area contributed by atoms with Gasteiger partial charge in [0.2, 0.25) is 5.91 Å². The zero-order valence-electron chi connectivity index (χ0n) is 18.5. The molecule has 2 unspecified atom stereocenters. The Morgan fingerprint density at radius 2 is 1.74 bits per heavy atom. The van der Waals surface area contributed by atoms with Crippen molar-refractivity contribution in [1.29, 1.82) is 0 Å². The Labute approximate surface area is 182 Å². The van der Waals surface area contributed by atoms with E-state index in [2.05, 4.69) is 31.1 Å². The van der Waals surface area contributed by atoms with Crippen LogP contribution in [0.3, 0.4) is 0 Å². The molecule has 2 aromatic rings. The van der Waals surface area contributed by atoms with Crippen LogP contribution in [0.1, 0.15) is 44.0 Å². The van der Waals surface area contributed by atoms with Gasteiger partial charge in [-0.05, 0) is 50.8 Å². The van der Waals surface area contributed by atoms with Crippen LogP contribution in [0, 0.1) is 5.92 Å². The van der Waals surface area contributed by atoms with E-state index in [0.29, 0.717) is 35.5 Å². The molecule has 0 spiro atoms. The molecule has 2 amide bonds. The van der Waals surface area contributed by atoms with E-state index < -0.39 is 0 Å². The number of hydrogen-bond acceptors (Lipinski definition) is 5. The average Bonchev–Trinajstić information content (AvgIpc) is 2.74.